The Hall–Kier alpha value is -1.43. The van der Waals surface area contributed by atoms with Gasteiger partial charge in [0.15, 0.2) is 11.6 Å². The van der Waals surface area contributed by atoms with E-state index in [1.54, 1.807) is 0 Å². The molecule has 2 fully saturated rings. The zero-order valence-electron chi connectivity index (χ0n) is 12.0. The Bertz CT molecular complexity index is 461. The smallest absolute Gasteiger partial charge is 0.224 e. The van der Waals surface area contributed by atoms with Crippen molar-refractivity contribution in [3.63, 3.8) is 0 Å². The Morgan fingerprint density at radius 1 is 1.35 bits per heavy atom. The highest BCUT2D eigenvalue weighted by Gasteiger charge is 2.31. The van der Waals surface area contributed by atoms with Gasteiger partial charge in [0.2, 0.25) is 5.95 Å². The molecule has 1 atom stereocenters. The van der Waals surface area contributed by atoms with E-state index in [1.165, 1.54) is 32.1 Å². The number of halogens is 1. The van der Waals surface area contributed by atoms with Crippen LogP contribution in [-0.4, -0.2) is 53.6 Å². The Balaban J connectivity index is 1.71. The summed E-state index contributed by atoms with van der Waals surface area (Å²) in [5.41, 5.74) is 0. The Morgan fingerprint density at radius 2 is 2.15 bits per heavy atom. The van der Waals surface area contributed by atoms with E-state index in [0.29, 0.717) is 17.8 Å². The van der Waals surface area contributed by atoms with Gasteiger partial charge in [-0.15, -0.1) is 0 Å². The van der Waals surface area contributed by atoms with Gasteiger partial charge >= 0.3 is 0 Å². The highest BCUT2D eigenvalue weighted by Crippen LogP contribution is 2.26. The Kier molecular flexibility index (Phi) is 4.00. The van der Waals surface area contributed by atoms with Gasteiger partial charge in [0.1, 0.15) is 0 Å². The maximum atomic E-state index is 14.0. The standard InChI is InChI=1S/C14H22FN5/c1-2-16-14-17-9-12(15)13(18-14)20-8-5-11(10-20)19-6-3-4-7-19/h9,11H,2-8,10H2,1H3,(H,16,17,18). The van der Waals surface area contributed by atoms with E-state index < -0.39 is 0 Å². The van der Waals surface area contributed by atoms with Crippen LogP contribution in [-0.2, 0) is 0 Å². The van der Waals surface area contributed by atoms with Crippen molar-refractivity contribution in [1.82, 2.24) is 14.9 Å². The molecule has 0 aliphatic carbocycles. The van der Waals surface area contributed by atoms with Crippen LogP contribution in [0.1, 0.15) is 26.2 Å². The summed E-state index contributed by atoms with van der Waals surface area (Å²) in [4.78, 5) is 12.9. The zero-order valence-corrected chi connectivity index (χ0v) is 12.0. The summed E-state index contributed by atoms with van der Waals surface area (Å²) in [6.07, 6.45) is 4.95. The molecule has 3 heterocycles. The second-order valence-electron chi connectivity index (χ2n) is 5.53. The van der Waals surface area contributed by atoms with E-state index in [2.05, 4.69) is 25.1 Å². The van der Waals surface area contributed by atoms with Crippen molar-refractivity contribution in [2.45, 2.75) is 32.2 Å². The van der Waals surface area contributed by atoms with Crippen molar-refractivity contribution in [3.8, 4) is 0 Å². The van der Waals surface area contributed by atoms with E-state index >= 15 is 0 Å². The molecule has 6 heteroatoms. The van der Waals surface area contributed by atoms with Gasteiger partial charge in [0, 0.05) is 25.7 Å². The molecular weight excluding hydrogens is 257 g/mol. The summed E-state index contributed by atoms with van der Waals surface area (Å²) in [6.45, 7) is 6.84. The van der Waals surface area contributed by atoms with E-state index in [1.807, 2.05) is 6.92 Å². The molecule has 0 spiro atoms. The molecule has 2 saturated heterocycles. The van der Waals surface area contributed by atoms with Gasteiger partial charge in [-0.3, -0.25) is 4.90 Å². The van der Waals surface area contributed by atoms with Crippen LogP contribution < -0.4 is 10.2 Å². The molecule has 110 valence electrons. The number of likely N-dealkylation sites (tertiary alicyclic amines) is 1. The lowest BCUT2D eigenvalue weighted by Gasteiger charge is -2.24. The molecule has 20 heavy (non-hydrogen) atoms. The first-order valence-corrected chi connectivity index (χ1v) is 7.53. The van der Waals surface area contributed by atoms with E-state index in [4.69, 9.17) is 0 Å². The summed E-state index contributed by atoms with van der Waals surface area (Å²) in [6, 6.07) is 0.550. The summed E-state index contributed by atoms with van der Waals surface area (Å²) in [7, 11) is 0. The van der Waals surface area contributed by atoms with Crippen LogP contribution in [0.2, 0.25) is 0 Å². The molecule has 1 aromatic heterocycles. The predicted octanol–water partition coefficient (Wildman–Crippen LogP) is 1.72. The van der Waals surface area contributed by atoms with Gasteiger partial charge in [-0.2, -0.15) is 4.98 Å². The van der Waals surface area contributed by atoms with Crippen molar-refractivity contribution in [2.75, 3.05) is 42.9 Å². The highest BCUT2D eigenvalue weighted by atomic mass is 19.1. The normalized spacial score (nSPS) is 23.5. The maximum absolute atomic E-state index is 14.0. The van der Waals surface area contributed by atoms with Crippen molar-refractivity contribution in [1.29, 1.82) is 0 Å². The lowest BCUT2D eigenvalue weighted by molar-refractivity contribution is 0.260. The predicted molar refractivity (Wildman–Crippen MR) is 77.6 cm³/mol. The number of nitrogens with zero attached hydrogens (tertiary/aromatic N) is 4. The number of rotatable bonds is 4. The number of hydrogen-bond acceptors (Lipinski definition) is 5. The molecule has 1 unspecified atom stereocenters. The first-order valence-electron chi connectivity index (χ1n) is 7.53. The highest BCUT2D eigenvalue weighted by molar-refractivity contribution is 5.45. The number of hydrogen-bond donors (Lipinski definition) is 1. The fraction of sp³-hybridized carbons (Fsp3) is 0.714. The third kappa shape index (κ3) is 2.70. The van der Waals surface area contributed by atoms with E-state index in [9.17, 15) is 4.39 Å². The summed E-state index contributed by atoms with van der Waals surface area (Å²) < 4.78 is 14.0. The van der Waals surface area contributed by atoms with Crippen LogP contribution in [0.25, 0.3) is 0 Å². The van der Waals surface area contributed by atoms with Gasteiger partial charge in [-0.25, -0.2) is 9.37 Å². The average Bonchev–Trinajstić information content (AvgIpc) is 3.11. The second-order valence-corrected chi connectivity index (χ2v) is 5.53. The van der Waals surface area contributed by atoms with Crippen molar-refractivity contribution >= 4 is 11.8 Å². The summed E-state index contributed by atoms with van der Waals surface area (Å²) in [5, 5.41) is 3.04. The van der Waals surface area contributed by atoms with Gasteiger partial charge in [-0.05, 0) is 39.3 Å². The molecule has 1 aromatic rings. The lowest BCUT2D eigenvalue weighted by atomic mass is 10.2. The molecule has 0 aromatic carbocycles. The maximum Gasteiger partial charge on any atom is 0.224 e. The van der Waals surface area contributed by atoms with Gasteiger partial charge < -0.3 is 10.2 Å². The first kappa shape index (κ1) is 13.5. The van der Waals surface area contributed by atoms with E-state index in [0.717, 1.165) is 26.1 Å². The fourth-order valence-corrected chi connectivity index (χ4v) is 3.16. The molecule has 2 aliphatic heterocycles. The monoisotopic (exact) mass is 279 g/mol. The summed E-state index contributed by atoms with van der Waals surface area (Å²) in [5.74, 6) is 0.625. The van der Waals surface area contributed by atoms with Gasteiger partial charge in [0.05, 0.1) is 6.20 Å². The number of aromatic nitrogens is 2. The second kappa shape index (κ2) is 5.91. The molecule has 2 aliphatic rings. The van der Waals surface area contributed by atoms with Crippen LogP contribution in [0.4, 0.5) is 16.2 Å². The Morgan fingerprint density at radius 3 is 2.90 bits per heavy atom. The number of anilines is 2. The first-order chi connectivity index (χ1) is 9.78. The average molecular weight is 279 g/mol. The van der Waals surface area contributed by atoms with Crippen molar-refractivity contribution in [3.05, 3.63) is 12.0 Å². The quantitative estimate of drug-likeness (QED) is 0.909. The third-order valence-corrected chi connectivity index (χ3v) is 4.18. The molecule has 0 amide bonds. The van der Waals surface area contributed by atoms with Crippen LogP contribution in [0.5, 0.6) is 0 Å². The minimum absolute atomic E-state index is 0.325. The van der Waals surface area contributed by atoms with Crippen molar-refractivity contribution < 1.29 is 4.39 Å². The SMILES string of the molecule is CCNc1ncc(F)c(N2CCC(N3CCCC3)C2)n1. The van der Waals surface area contributed by atoms with Gasteiger partial charge in [0.25, 0.3) is 0 Å². The zero-order chi connectivity index (χ0) is 13.9. The molecule has 3 rings (SSSR count). The minimum Gasteiger partial charge on any atom is -0.354 e. The van der Waals surface area contributed by atoms with Crippen LogP contribution in [0, 0.1) is 5.82 Å². The van der Waals surface area contributed by atoms with Crippen LogP contribution in [0.3, 0.4) is 0 Å². The van der Waals surface area contributed by atoms with Crippen LogP contribution >= 0.6 is 0 Å². The Labute approximate surface area is 119 Å². The number of nitrogens with one attached hydrogen (secondary N) is 1. The third-order valence-electron chi connectivity index (χ3n) is 4.18. The molecule has 0 saturated carbocycles. The van der Waals surface area contributed by atoms with Crippen LogP contribution in [0.15, 0.2) is 6.20 Å². The topological polar surface area (TPSA) is 44.3 Å². The van der Waals surface area contributed by atoms with Gasteiger partial charge in [-0.1, -0.05) is 0 Å². The minimum atomic E-state index is -0.325. The lowest BCUT2D eigenvalue weighted by Crippen LogP contribution is -2.35. The molecule has 1 N–H and O–H groups in total. The summed E-state index contributed by atoms with van der Waals surface area (Å²) >= 11 is 0. The molecule has 0 radical (unpaired) electrons. The van der Waals surface area contributed by atoms with Crippen molar-refractivity contribution in [2.24, 2.45) is 0 Å². The fourth-order valence-electron chi connectivity index (χ4n) is 3.16. The molecular formula is C14H22FN5. The largest absolute Gasteiger partial charge is 0.354 e. The molecule has 5 nitrogen and oxygen atoms in total. The molecule has 0 bridgehead atoms. The van der Waals surface area contributed by atoms with E-state index in [-0.39, 0.29) is 5.82 Å².